The molecule has 3 aliphatic rings. The first kappa shape index (κ1) is 19.7. The molecule has 34 heavy (non-hydrogen) atoms. The Morgan fingerprint density at radius 2 is 1.50 bits per heavy atom. The van der Waals surface area contributed by atoms with E-state index in [1.54, 1.807) is 0 Å². The lowest BCUT2D eigenvalue weighted by atomic mass is 9.99. The number of fused-ring (bicyclic) bond motifs is 3. The molecular weight excluding hydrogens is 420 g/mol. The maximum atomic E-state index is 4.99. The maximum Gasteiger partial charge on any atom is 0.114 e. The summed E-state index contributed by atoms with van der Waals surface area (Å²) in [6.45, 7) is 4.40. The fourth-order valence-electron chi connectivity index (χ4n) is 5.32. The number of piperazine rings is 1. The van der Waals surface area contributed by atoms with Crippen LogP contribution in [0.2, 0.25) is 0 Å². The quantitative estimate of drug-likeness (QED) is 0.498. The molecule has 1 fully saturated rings. The molecule has 0 bridgehead atoms. The van der Waals surface area contributed by atoms with Crippen LogP contribution >= 0.6 is 0 Å². The van der Waals surface area contributed by atoms with Gasteiger partial charge in [0.15, 0.2) is 0 Å². The van der Waals surface area contributed by atoms with Gasteiger partial charge in [-0.1, -0.05) is 24.3 Å². The van der Waals surface area contributed by atoms with Crippen LogP contribution in [0.25, 0.3) is 10.9 Å². The lowest BCUT2D eigenvalue weighted by Crippen LogP contribution is -2.44. The van der Waals surface area contributed by atoms with Crippen molar-refractivity contribution in [2.75, 3.05) is 38.1 Å². The first-order chi connectivity index (χ1) is 16.7. The average Bonchev–Trinajstić information content (AvgIpc) is 3.59. The molecule has 7 rings (SSSR count). The molecule has 0 unspecified atom stereocenters. The molecule has 0 spiro atoms. The van der Waals surface area contributed by atoms with Crippen LogP contribution < -0.4 is 4.90 Å². The number of anilines is 1. The van der Waals surface area contributed by atoms with E-state index >= 15 is 0 Å². The van der Waals surface area contributed by atoms with E-state index in [2.05, 4.69) is 75.6 Å². The van der Waals surface area contributed by atoms with Crippen molar-refractivity contribution in [2.24, 2.45) is 9.98 Å². The van der Waals surface area contributed by atoms with Crippen LogP contribution in [0, 0.1) is 0 Å². The van der Waals surface area contributed by atoms with Crippen LogP contribution in [-0.4, -0.2) is 59.7 Å². The molecule has 0 aliphatic carbocycles. The molecule has 168 valence electrons. The molecule has 4 heterocycles. The van der Waals surface area contributed by atoms with Gasteiger partial charge >= 0.3 is 0 Å². The van der Waals surface area contributed by atoms with Gasteiger partial charge in [0.05, 0.1) is 28.3 Å². The Kier molecular flexibility index (Phi) is 4.42. The van der Waals surface area contributed by atoms with Crippen molar-refractivity contribution in [3.8, 4) is 0 Å². The fourth-order valence-corrected chi connectivity index (χ4v) is 5.32. The minimum atomic E-state index is 0.797. The molecule has 0 saturated carbocycles. The first-order valence-corrected chi connectivity index (χ1v) is 12.0. The molecule has 6 heteroatoms. The summed E-state index contributed by atoms with van der Waals surface area (Å²) in [5, 5.41) is 8.81. The predicted octanol–water partition coefficient (Wildman–Crippen LogP) is 4.67. The number of nitrogens with one attached hydrogen (secondary N) is 1. The third-order valence-electron chi connectivity index (χ3n) is 7.31. The molecular formula is C28H26N6. The summed E-state index contributed by atoms with van der Waals surface area (Å²) >= 11 is 0. The molecule has 3 aliphatic heterocycles. The number of benzene rings is 3. The Labute approximate surface area is 198 Å². The second-order valence-electron chi connectivity index (χ2n) is 9.54. The fraction of sp³-hybridized carbons (Fsp3) is 0.250. The Hall–Kier alpha value is -3.77. The van der Waals surface area contributed by atoms with Gasteiger partial charge in [-0.25, -0.2) is 0 Å². The lowest BCUT2D eigenvalue weighted by molar-refractivity contribution is 0.313. The topological polar surface area (TPSA) is 59.9 Å². The van der Waals surface area contributed by atoms with E-state index in [1.807, 2.05) is 12.1 Å². The molecule has 4 aromatic rings. The van der Waals surface area contributed by atoms with Crippen LogP contribution in [0.15, 0.2) is 70.6 Å². The minimum Gasteiger partial charge on any atom is -0.369 e. The second-order valence-corrected chi connectivity index (χ2v) is 9.54. The zero-order chi connectivity index (χ0) is 22.6. The first-order valence-electron chi connectivity index (χ1n) is 12.0. The number of nitrogens with zero attached hydrogens (tertiary/aromatic N) is 5. The van der Waals surface area contributed by atoms with Gasteiger partial charge in [-0.15, -0.1) is 0 Å². The van der Waals surface area contributed by atoms with E-state index in [0.29, 0.717) is 0 Å². The highest BCUT2D eigenvalue weighted by molar-refractivity contribution is 6.13. The van der Waals surface area contributed by atoms with E-state index in [-0.39, 0.29) is 0 Å². The summed E-state index contributed by atoms with van der Waals surface area (Å²) in [5.74, 6) is 0. The highest BCUT2D eigenvalue weighted by atomic mass is 15.2. The zero-order valence-electron chi connectivity index (χ0n) is 19.3. The standard InChI is InChI=1S/C28H26N6/c1-33-10-12-34(13-11-33)21-7-9-24-20(15-21)16-26(29-24)18-6-8-23-19(14-18)17-27(30-23)28-22-4-2-3-5-25(22)31-32-28/h2-9,14-15H,10-13,16-17H2,1H3,(H,31,32). The van der Waals surface area contributed by atoms with E-state index in [0.717, 1.165) is 78.4 Å². The van der Waals surface area contributed by atoms with Crippen molar-refractivity contribution < 1.29 is 0 Å². The number of hydrogen-bond acceptors (Lipinski definition) is 5. The van der Waals surface area contributed by atoms with Crippen molar-refractivity contribution in [1.82, 2.24) is 15.1 Å². The third-order valence-corrected chi connectivity index (χ3v) is 7.31. The maximum absolute atomic E-state index is 4.99. The van der Waals surface area contributed by atoms with E-state index in [4.69, 9.17) is 9.98 Å². The zero-order valence-corrected chi connectivity index (χ0v) is 19.3. The molecule has 0 radical (unpaired) electrons. The van der Waals surface area contributed by atoms with Crippen LogP contribution in [-0.2, 0) is 12.8 Å². The molecule has 6 nitrogen and oxygen atoms in total. The van der Waals surface area contributed by atoms with Gasteiger partial charge in [0, 0.05) is 50.1 Å². The highest BCUT2D eigenvalue weighted by Crippen LogP contribution is 2.35. The van der Waals surface area contributed by atoms with Crippen LogP contribution in [0.3, 0.4) is 0 Å². The smallest absolute Gasteiger partial charge is 0.114 e. The number of hydrogen-bond donors (Lipinski definition) is 1. The SMILES string of the molecule is CN1CCN(c2ccc3c(c2)CC(c2ccc4c(c2)CC(c2n[nH]c5ccccc25)=N4)=N3)CC1. The van der Waals surface area contributed by atoms with Crippen LogP contribution in [0.5, 0.6) is 0 Å². The Balaban J connectivity index is 1.12. The van der Waals surface area contributed by atoms with Gasteiger partial charge in [-0.05, 0) is 60.1 Å². The monoisotopic (exact) mass is 446 g/mol. The summed E-state index contributed by atoms with van der Waals surface area (Å²) in [6, 6.07) is 21.6. The summed E-state index contributed by atoms with van der Waals surface area (Å²) in [6.07, 6.45) is 1.68. The van der Waals surface area contributed by atoms with Crippen molar-refractivity contribution in [3.05, 3.63) is 83.0 Å². The average molecular weight is 447 g/mol. The van der Waals surface area contributed by atoms with Crippen molar-refractivity contribution in [2.45, 2.75) is 12.8 Å². The highest BCUT2D eigenvalue weighted by Gasteiger charge is 2.23. The molecule has 1 N–H and O–H groups in total. The van der Waals surface area contributed by atoms with Gasteiger partial charge in [0.1, 0.15) is 5.69 Å². The molecule has 1 saturated heterocycles. The van der Waals surface area contributed by atoms with E-state index in [9.17, 15) is 0 Å². The number of likely N-dealkylation sites (N-methyl/N-ethyl adjacent to an activating group) is 1. The van der Waals surface area contributed by atoms with E-state index in [1.165, 1.54) is 22.4 Å². The largest absolute Gasteiger partial charge is 0.369 e. The summed E-state index contributed by atoms with van der Waals surface area (Å²) in [4.78, 5) is 14.8. The Bertz CT molecular complexity index is 1490. The number of para-hydroxylation sites is 1. The molecule has 0 atom stereocenters. The molecule has 0 amide bonds. The van der Waals surface area contributed by atoms with Gasteiger partial charge in [0.25, 0.3) is 0 Å². The summed E-state index contributed by atoms with van der Waals surface area (Å²) in [5.41, 5.74) is 11.4. The predicted molar refractivity (Wildman–Crippen MR) is 138 cm³/mol. The number of aromatic amines is 1. The van der Waals surface area contributed by atoms with Gasteiger partial charge < -0.3 is 9.80 Å². The third kappa shape index (κ3) is 3.25. The van der Waals surface area contributed by atoms with Crippen LogP contribution in [0.1, 0.15) is 22.4 Å². The number of H-pyrrole nitrogens is 1. The lowest BCUT2D eigenvalue weighted by Gasteiger charge is -2.34. The Morgan fingerprint density at radius 3 is 2.38 bits per heavy atom. The minimum absolute atomic E-state index is 0.797. The van der Waals surface area contributed by atoms with Crippen molar-refractivity contribution in [3.63, 3.8) is 0 Å². The van der Waals surface area contributed by atoms with Gasteiger partial charge in [0.2, 0.25) is 0 Å². The van der Waals surface area contributed by atoms with Gasteiger partial charge in [-0.2, -0.15) is 5.10 Å². The number of aliphatic imine (C=N–C) groups is 2. The summed E-state index contributed by atoms with van der Waals surface area (Å²) < 4.78 is 0. The number of rotatable bonds is 3. The summed E-state index contributed by atoms with van der Waals surface area (Å²) in [7, 11) is 2.20. The van der Waals surface area contributed by atoms with Gasteiger partial charge in [-0.3, -0.25) is 15.1 Å². The van der Waals surface area contributed by atoms with Crippen LogP contribution in [0.4, 0.5) is 17.1 Å². The second kappa shape index (κ2) is 7.64. The van der Waals surface area contributed by atoms with Crippen molar-refractivity contribution in [1.29, 1.82) is 0 Å². The molecule has 3 aromatic carbocycles. The van der Waals surface area contributed by atoms with E-state index < -0.39 is 0 Å². The number of aromatic nitrogens is 2. The molecule has 1 aromatic heterocycles. The Morgan fingerprint density at radius 1 is 0.765 bits per heavy atom. The van der Waals surface area contributed by atoms with Crippen molar-refractivity contribution >= 4 is 39.4 Å². The normalized spacial score (nSPS) is 17.6.